The molecule has 2 nitrogen and oxygen atoms in total. The van der Waals surface area contributed by atoms with Crippen molar-refractivity contribution in [3.63, 3.8) is 0 Å². The van der Waals surface area contributed by atoms with Crippen LogP contribution in [-0.4, -0.2) is 17.6 Å². The quantitative estimate of drug-likeness (QED) is 0.680. The maximum absolute atomic E-state index is 11.6. The lowest BCUT2D eigenvalue weighted by Gasteiger charge is -2.25. The van der Waals surface area contributed by atoms with E-state index in [-0.39, 0.29) is 17.9 Å². The van der Waals surface area contributed by atoms with E-state index in [0.717, 1.165) is 18.5 Å². The molecule has 0 radical (unpaired) electrons. The fraction of sp³-hybridized carbons (Fsp3) is 0.900. The second-order valence-electron chi connectivity index (χ2n) is 4.27. The van der Waals surface area contributed by atoms with Crippen molar-refractivity contribution >= 4 is 15.1 Å². The summed E-state index contributed by atoms with van der Waals surface area (Å²) in [5.41, 5.74) is 0.739. The lowest BCUT2D eigenvalue weighted by molar-refractivity contribution is -0.126. The molecule has 1 N–H and O–H groups in total. The third-order valence-corrected chi connectivity index (χ3v) is 3.24. The van der Waals surface area contributed by atoms with Crippen LogP contribution in [0.2, 0.25) is 0 Å². The molecule has 0 aromatic carbocycles. The van der Waals surface area contributed by atoms with Crippen molar-refractivity contribution in [2.75, 3.05) is 0 Å². The summed E-state index contributed by atoms with van der Waals surface area (Å²) in [6, 6.07) is 0.279. The number of hydrogen-bond acceptors (Lipinski definition) is 1. The van der Waals surface area contributed by atoms with Gasteiger partial charge in [-0.3, -0.25) is 4.79 Å². The van der Waals surface area contributed by atoms with E-state index < -0.39 is 0 Å². The smallest absolute Gasteiger partial charge is 0.223 e. The van der Waals surface area contributed by atoms with Gasteiger partial charge in [0.05, 0.1) is 0 Å². The van der Waals surface area contributed by atoms with Crippen LogP contribution in [0.1, 0.15) is 39.5 Å². The topological polar surface area (TPSA) is 29.1 Å². The zero-order valence-corrected chi connectivity index (χ0v) is 9.70. The molecule has 3 heteroatoms. The molecule has 1 saturated carbocycles. The van der Waals surface area contributed by atoms with E-state index in [2.05, 4.69) is 14.6 Å². The Balaban J connectivity index is 2.31. The van der Waals surface area contributed by atoms with E-state index in [0.29, 0.717) is 0 Å². The minimum absolute atomic E-state index is 0.256. The average Bonchev–Trinajstić information content (AvgIpc) is 2.04. The number of nitrogens with one attached hydrogen (secondary N) is 1. The molecule has 0 heterocycles. The third-order valence-electron chi connectivity index (χ3n) is 2.57. The predicted molar refractivity (Wildman–Crippen MR) is 58.7 cm³/mol. The zero-order valence-electron chi connectivity index (χ0n) is 8.55. The van der Waals surface area contributed by atoms with Crippen LogP contribution in [0, 0.1) is 5.92 Å². The van der Waals surface area contributed by atoms with Gasteiger partial charge in [-0.1, -0.05) is 0 Å². The maximum Gasteiger partial charge on any atom is 0.223 e. The lowest BCUT2D eigenvalue weighted by Crippen LogP contribution is -2.37. The molecule has 1 amide bonds. The molecule has 1 fully saturated rings. The zero-order chi connectivity index (χ0) is 9.84. The fourth-order valence-corrected chi connectivity index (χ4v) is 2.17. The Kier molecular flexibility index (Phi) is 4.18. The molecule has 13 heavy (non-hydrogen) atoms. The molecule has 0 aromatic heterocycles. The maximum atomic E-state index is 11.6. The molecule has 1 aliphatic rings. The highest BCUT2D eigenvalue weighted by Crippen LogP contribution is 2.28. The summed E-state index contributed by atoms with van der Waals surface area (Å²) in [6.45, 7) is 4.03. The molecule has 1 aliphatic carbocycles. The van der Waals surface area contributed by atoms with Crippen LogP contribution in [0.15, 0.2) is 0 Å². The highest BCUT2D eigenvalue weighted by molar-refractivity contribution is 7.17. The van der Waals surface area contributed by atoms with E-state index in [1.807, 2.05) is 13.8 Å². The first kappa shape index (κ1) is 11.0. The number of carbonyl (C=O) groups excluding carboxylic acids is 1. The van der Waals surface area contributed by atoms with Gasteiger partial charge in [0.25, 0.3) is 0 Å². The van der Waals surface area contributed by atoms with Crippen molar-refractivity contribution in [3.05, 3.63) is 0 Å². The Morgan fingerprint density at radius 3 is 2.31 bits per heavy atom. The summed E-state index contributed by atoms with van der Waals surface area (Å²) in [7, 11) is 2.86. The van der Waals surface area contributed by atoms with Gasteiger partial charge in [-0.05, 0) is 45.2 Å². The van der Waals surface area contributed by atoms with Gasteiger partial charge in [0.2, 0.25) is 5.91 Å². The minimum Gasteiger partial charge on any atom is -0.354 e. The number of amides is 1. The Bertz CT molecular complexity index is 174. The first-order chi connectivity index (χ1) is 6.09. The van der Waals surface area contributed by atoms with Gasteiger partial charge in [0.15, 0.2) is 0 Å². The molecule has 0 saturated heterocycles. The molecular weight excluding hydrogens is 181 g/mol. The molecule has 1 rings (SSSR count). The predicted octanol–water partition coefficient (Wildman–Crippen LogP) is 1.94. The fourth-order valence-electron chi connectivity index (χ4n) is 1.78. The minimum atomic E-state index is 0.256. The summed E-state index contributed by atoms with van der Waals surface area (Å²) in [4.78, 5) is 11.6. The largest absolute Gasteiger partial charge is 0.354 e. The highest BCUT2D eigenvalue weighted by atomic mass is 31.0. The van der Waals surface area contributed by atoms with Crippen LogP contribution >= 0.6 is 9.24 Å². The van der Waals surface area contributed by atoms with Crippen molar-refractivity contribution in [3.8, 4) is 0 Å². The van der Waals surface area contributed by atoms with Gasteiger partial charge in [0, 0.05) is 12.0 Å². The number of rotatable bonds is 2. The molecule has 0 aromatic rings. The Morgan fingerprint density at radius 1 is 1.31 bits per heavy atom. The van der Waals surface area contributed by atoms with E-state index in [4.69, 9.17) is 0 Å². The summed E-state index contributed by atoms with van der Waals surface area (Å²) in [5, 5.41) is 2.98. The van der Waals surface area contributed by atoms with Crippen LogP contribution in [0.3, 0.4) is 0 Å². The van der Waals surface area contributed by atoms with Crippen LogP contribution < -0.4 is 5.32 Å². The molecular formula is C10H20NOP. The van der Waals surface area contributed by atoms with Crippen molar-refractivity contribution in [1.29, 1.82) is 0 Å². The average molecular weight is 201 g/mol. The molecule has 0 aliphatic heterocycles. The number of carbonyl (C=O) groups is 1. The van der Waals surface area contributed by atoms with Gasteiger partial charge in [-0.15, -0.1) is 9.24 Å². The van der Waals surface area contributed by atoms with Gasteiger partial charge >= 0.3 is 0 Å². The second kappa shape index (κ2) is 4.95. The summed E-state index contributed by atoms with van der Waals surface area (Å²) >= 11 is 0. The molecule has 76 valence electrons. The summed E-state index contributed by atoms with van der Waals surface area (Å²) < 4.78 is 0. The van der Waals surface area contributed by atoms with Gasteiger partial charge < -0.3 is 5.32 Å². The van der Waals surface area contributed by atoms with Crippen molar-refractivity contribution in [2.24, 2.45) is 5.92 Å². The van der Waals surface area contributed by atoms with Crippen LogP contribution in [-0.2, 0) is 4.79 Å². The van der Waals surface area contributed by atoms with Crippen LogP contribution in [0.5, 0.6) is 0 Å². The first-order valence-corrected chi connectivity index (χ1v) is 5.82. The lowest BCUT2D eigenvalue weighted by atomic mass is 9.88. The Hall–Kier alpha value is -0.100. The van der Waals surface area contributed by atoms with E-state index >= 15 is 0 Å². The standard InChI is InChI=1S/C10H20NOP/c1-7(2)11-10(12)8-3-5-9(13)6-4-8/h7-9H,3-6,13H2,1-2H3,(H,11,12). The van der Waals surface area contributed by atoms with E-state index in [1.54, 1.807) is 0 Å². The SMILES string of the molecule is CC(C)NC(=O)C1CCC(P)CC1. The van der Waals surface area contributed by atoms with Crippen molar-refractivity contribution < 1.29 is 4.79 Å². The summed E-state index contributed by atoms with van der Waals surface area (Å²) in [5.74, 6) is 0.533. The van der Waals surface area contributed by atoms with E-state index in [1.165, 1.54) is 12.8 Å². The summed E-state index contributed by atoms with van der Waals surface area (Å²) in [6.07, 6.45) is 4.49. The monoisotopic (exact) mass is 201 g/mol. The molecule has 0 spiro atoms. The van der Waals surface area contributed by atoms with E-state index in [9.17, 15) is 4.79 Å². The van der Waals surface area contributed by atoms with Crippen LogP contribution in [0.4, 0.5) is 0 Å². The van der Waals surface area contributed by atoms with Gasteiger partial charge in [-0.25, -0.2) is 0 Å². The molecule has 1 unspecified atom stereocenters. The Morgan fingerprint density at radius 2 is 1.85 bits per heavy atom. The second-order valence-corrected chi connectivity index (χ2v) is 5.22. The molecule has 1 atom stereocenters. The first-order valence-electron chi connectivity index (χ1n) is 5.15. The number of hydrogen-bond donors (Lipinski definition) is 1. The Labute approximate surface area is 83.1 Å². The third kappa shape index (κ3) is 3.64. The van der Waals surface area contributed by atoms with Crippen molar-refractivity contribution in [2.45, 2.75) is 51.2 Å². The van der Waals surface area contributed by atoms with Crippen molar-refractivity contribution in [1.82, 2.24) is 5.32 Å². The normalized spacial score (nSPS) is 28.9. The van der Waals surface area contributed by atoms with Crippen LogP contribution in [0.25, 0.3) is 0 Å². The van der Waals surface area contributed by atoms with Gasteiger partial charge in [-0.2, -0.15) is 0 Å². The molecule has 0 bridgehead atoms. The van der Waals surface area contributed by atoms with Gasteiger partial charge in [0.1, 0.15) is 0 Å². The highest BCUT2D eigenvalue weighted by Gasteiger charge is 2.24.